The maximum atomic E-state index is 8.88. The monoisotopic (exact) mass is 287 g/mol. The fourth-order valence-corrected chi connectivity index (χ4v) is 1.42. The molecule has 0 aliphatic carbocycles. The molecular weight excluding hydrogens is 274 g/mol. The predicted molar refractivity (Wildman–Crippen MR) is 65.1 cm³/mol. The molecule has 1 N–H and O–H groups in total. The number of hydrogen-bond acceptors (Lipinski definition) is 4. The van der Waals surface area contributed by atoms with Gasteiger partial charge < -0.3 is 14.4 Å². The number of alkyl halides is 1. The number of aliphatic hydroxyl groups is 1. The summed E-state index contributed by atoms with van der Waals surface area (Å²) in [6.07, 6.45) is 1.84. The standard InChI is InChI=1S/C10H14BrN3O2/c1-9(16-8-11)12-13-10-4-2-3-5-14(10)6-7-15/h2-5,15H,6-8H2,1H3/b12-9+,13-10+. The highest BCUT2D eigenvalue weighted by Gasteiger charge is 1.91. The third kappa shape index (κ3) is 4.16. The van der Waals surface area contributed by atoms with Crippen LogP contribution in [0.3, 0.4) is 0 Å². The van der Waals surface area contributed by atoms with Crippen LogP contribution >= 0.6 is 15.9 Å². The van der Waals surface area contributed by atoms with Gasteiger partial charge in [0.15, 0.2) is 5.49 Å². The second kappa shape index (κ2) is 7.19. The van der Waals surface area contributed by atoms with Crippen molar-refractivity contribution in [3.8, 4) is 0 Å². The van der Waals surface area contributed by atoms with E-state index in [4.69, 9.17) is 9.84 Å². The zero-order valence-corrected chi connectivity index (χ0v) is 10.6. The highest BCUT2D eigenvalue weighted by molar-refractivity contribution is 9.09. The van der Waals surface area contributed by atoms with E-state index in [2.05, 4.69) is 26.1 Å². The molecule has 0 saturated carbocycles. The van der Waals surface area contributed by atoms with Gasteiger partial charge in [0.2, 0.25) is 5.90 Å². The van der Waals surface area contributed by atoms with Crippen LogP contribution in [-0.2, 0) is 11.3 Å². The fourth-order valence-electron chi connectivity index (χ4n) is 1.08. The van der Waals surface area contributed by atoms with E-state index in [1.165, 1.54) is 0 Å². The SMILES string of the molecule is C/C(=N\N=c1/ccccn1CCO)OCBr. The Labute approximate surface area is 102 Å². The van der Waals surface area contributed by atoms with E-state index in [0.29, 0.717) is 23.4 Å². The molecule has 16 heavy (non-hydrogen) atoms. The molecule has 0 fully saturated rings. The maximum absolute atomic E-state index is 8.88. The van der Waals surface area contributed by atoms with Crippen molar-refractivity contribution in [2.75, 3.05) is 12.1 Å². The normalized spacial score (nSPS) is 12.9. The minimum atomic E-state index is 0.0673. The van der Waals surface area contributed by atoms with E-state index >= 15 is 0 Å². The van der Waals surface area contributed by atoms with Crippen molar-refractivity contribution in [2.24, 2.45) is 10.2 Å². The van der Waals surface area contributed by atoms with E-state index in [-0.39, 0.29) is 6.61 Å². The summed E-state index contributed by atoms with van der Waals surface area (Å²) >= 11 is 3.13. The average molecular weight is 288 g/mol. The number of rotatable bonds is 4. The quantitative estimate of drug-likeness (QED) is 0.390. The van der Waals surface area contributed by atoms with Gasteiger partial charge in [0.05, 0.1) is 6.61 Å². The minimum Gasteiger partial charge on any atom is -0.468 e. The minimum absolute atomic E-state index is 0.0673. The molecule has 0 radical (unpaired) electrons. The number of aromatic nitrogens is 1. The van der Waals surface area contributed by atoms with Crippen molar-refractivity contribution in [1.29, 1.82) is 0 Å². The van der Waals surface area contributed by atoms with Crippen molar-refractivity contribution in [1.82, 2.24) is 4.57 Å². The molecule has 0 bridgehead atoms. The summed E-state index contributed by atoms with van der Waals surface area (Å²) in [6.45, 7) is 2.29. The van der Waals surface area contributed by atoms with Crippen LogP contribution in [0.2, 0.25) is 0 Å². The summed E-state index contributed by atoms with van der Waals surface area (Å²) in [5.74, 6) is 0.483. The predicted octanol–water partition coefficient (Wildman–Crippen LogP) is 1.08. The van der Waals surface area contributed by atoms with Gasteiger partial charge in [-0.15, -0.1) is 10.2 Å². The second-order valence-corrected chi connectivity index (χ2v) is 3.41. The summed E-state index contributed by atoms with van der Waals surface area (Å²) in [7, 11) is 0. The molecule has 1 aromatic heterocycles. The summed E-state index contributed by atoms with van der Waals surface area (Å²) in [4.78, 5) is 0. The zero-order chi connectivity index (χ0) is 11.8. The number of pyridine rings is 1. The highest BCUT2D eigenvalue weighted by Crippen LogP contribution is 1.88. The smallest absolute Gasteiger partial charge is 0.206 e. The lowest BCUT2D eigenvalue weighted by atomic mass is 10.4. The molecule has 0 aliphatic rings. The van der Waals surface area contributed by atoms with E-state index in [1.54, 1.807) is 6.92 Å². The molecule has 0 aromatic carbocycles. The van der Waals surface area contributed by atoms with Gasteiger partial charge in [-0.25, -0.2) is 0 Å². The first kappa shape index (κ1) is 12.9. The van der Waals surface area contributed by atoms with Crippen LogP contribution in [0.5, 0.6) is 0 Å². The Morgan fingerprint density at radius 3 is 3.06 bits per heavy atom. The first-order valence-electron chi connectivity index (χ1n) is 4.81. The number of ether oxygens (including phenoxy) is 1. The Kier molecular flexibility index (Phi) is 5.81. The maximum Gasteiger partial charge on any atom is 0.206 e. The van der Waals surface area contributed by atoms with Crippen LogP contribution in [0.15, 0.2) is 34.6 Å². The van der Waals surface area contributed by atoms with Crippen molar-refractivity contribution in [3.63, 3.8) is 0 Å². The summed E-state index contributed by atoms with van der Waals surface area (Å²) in [6, 6.07) is 5.56. The molecule has 0 atom stereocenters. The molecule has 88 valence electrons. The summed E-state index contributed by atoms with van der Waals surface area (Å²) in [5, 5.41) is 16.8. The Hall–Kier alpha value is -1.14. The van der Waals surface area contributed by atoms with Crippen LogP contribution in [0.1, 0.15) is 6.92 Å². The van der Waals surface area contributed by atoms with Crippen molar-refractivity contribution in [3.05, 3.63) is 29.9 Å². The van der Waals surface area contributed by atoms with Crippen LogP contribution in [0.25, 0.3) is 0 Å². The summed E-state index contributed by atoms with van der Waals surface area (Å²) < 4.78 is 6.89. The van der Waals surface area contributed by atoms with Crippen LogP contribution < -0.4 is 5.49 Å². The van der Waals surface area contributed by atoms with E-state index < -0.39 is 0 Å². The van der Waals surface area contributed by atoms with Gasteiger partial charge in [0, 0.05) is 19.7 Å². The van der Waals surface area contributed by atoms with Gasteiger partial charge in [-0.2, -0.15) is 0 Å². The van der Waals surface area contributed by atoms with Crippen molar-refractivity contribution in [2.45, 2.75) is 13.5 Å². The first-order chi connectivity index (χ1) is 7.77. The summed E-state index contributed by atoms with van der Waals surface area (Å²) in [5.41, 5.74) is 1.07. The van der Waals surface area contributed by atoms with Crippen molar-refractivity contribution < 1.29 is 9.84 Å². The van der Waals surface area contributed by atoms with Crippen LogP contribution in [-0.4, -0.2) is 27.7 Å². The largest absolute Gasteiger partial charge is 0.468 e. The lowest BCUT2D eigenvalue weighted by Crippen LogP contribution is -2.21. The van der Waals surface area contributed by atoms with Crippen LogP contribution in [0, 0.1) is 0 Å². The molecule has 0 spiro atoms. The molecule has 5 nitrogen and oxygen atoms in total. The topological polar surface area (TPSA) is 59.1 Å². The fraction of sp³-hybridized carbons (Fsp3) is 0.400. The third-order valence-electron chi connectivity index (χ3n) is 1.81. The average Bonchev–Trinajstić information content (AvgIpc) is 2.29. The van der Waals surface area contributed by atoms with Gasteiger partial charge >= 0.3 is 0 Å². The second-order valence-electron chi connectivity index (χ2n) is 2.95. The molecule has 0 saturated heterocycles. The molecule has 1 rings (SSSR count). The van der Waals surface area contributed by atoms with Gasteiger partial charge in [-0.3, -0.25) is 0 Å². The molecule has 1 aromatic rings. The van der Waals surface area contributed by atoms with Crippen LogP contribution in [0.4, 0.5) is 0 Å². The first-order valence-corrected chi connectivity index (χ1v) is 5.93. The Morgan fingerprint density at radius 2 is 2.38 bits per heavy atom. The van der Waals surface area contributed by atoms with Crippen molar-refractivity contribution >= 4 is 21.8 Å². The van der Waals surface area contributed by atoms with Gasteiger partial charge in [-0.05, 0) is 28.1 Å². The molecular formula is C10H14BrN3O2. The Bertz CT molecular complexity index is 415. The molecule has 6 heteroatoms. The molecule has 0 amide bonds. The number of nitrogens with zero attached hydrogens (tertiary/aromatic N) is 3. The van der Waals surface area contributed by atoms with E-state index in [0.717, 1.165) is 0 Å². The van der Waals surface area contributed by atoms with Gasteiger partial charge in [0.1, 0.15) is 5.52 Å². The van der Waals surface area contributed by atoms with E-state index in [1.807, 2.05) is 29.0 Å². The zero-order valence-electron chi connectivity index (χ0n) is 9.01. The van der Waals surface area contributed by atoms with E-state index in [9.17, 15) is 0 Å². The molecule has 0 unspecified atom stereocenters. The van der Waals surface area contributed by atoms with Gasteiger partial charge in [-0.1, -0.05) is 6.07 Å². The Balaban J connectivity index is 2.93. The number of aliphatic hydroxyl groups excluding tert-OH is 1. The lowest BCUT2D eigenvalue weighted by molar-refractivity contribution is 0.273. The molecule has 0 aliphatic heterocycles. The van der Waals surface area contributed by atoms with Gasteiger partial charge in [0.25, 0.3) is 0 Å². The lowest BCUT2D eigenvalue weighted by Gasteiger charge is -2.03. The third-order valence-corrected chi connectivity index (χ3v) is 2.04. The number of hydrogen-bond donors (Lipinski definition) is 1. The highest BCUT2D eigenvalue weighted by atomic mass is 79.9. The Morgan fingerprint density at radius 1 is 1.56 bits per heavy atom. The number of halogens is 1. The molecule has 1 heterocycles.